The number of hydrogen-bond acceptors (Lipinski definition) is 6. The van der Waals surface area contributed by atoms with E-state index in [4.69, 9.17) is 0 Å². The first-order chi connectivity index (χ1) is 14.6. The maximum atomic E-state index is 12.6. The van der Waals surface area contributed by atoms with Crippen LogP contribution in [0.25, 0.3) is 10.1 Å². The van der Waals surface area contributed by atoms with Gasteiger partial charge >= 0.3 is 0 Å². The Kier molecular flexibility index (Phi) is 6.29. The van der Waals surface area contributed by atoms with Gasteiger partial charge in [0.2, 0.25) is 5.95 Å². The smallest absolute Gasteiger partial charge is 0.261 e. The Morgan fingerprint density at radius 1 is 1.23 bits per heavy atom. The summed E-state index contributed by atoms with van der Waals surface area (Å²) in [5, 5.41) is 4.04. The van der Waals surface area contributed by atoms with Crippen molar-refractivity contribution in [3.05, 3.63) is 52.7 Å². The first-order valence-corrected chi connectivity index (χ1v) is 11.3. The number of thiophene rings is 1. The number of carbonyl (C=O) groups excluding carboxylic acids is 1. The number of amides is 1. The van der Waals surface area contributed by atoms with Crippen LogP contribution in [-0.2, 0) is 13.0 Å². The van der Waals surface area contributed by atoms with Gasteiger partial charge in [-0.1, -0.05) is 24.6 Å². The number of benzene rings is 1. The second kappa shape index (κ2) is 9.10. The number of rotatable bonds is 6. The lowest BCUT2D eigenvalue weighted by atomic mass is 9.93. The average Bonchev–Trinajstić information content (AvgIpc) is 3.13. The molecule has 30 heavy (non-hydrogen) atoms. The van der Waals surface area contributed by atoms with Crippen molar-refractivity contribution >= 4 is 33.3 Å². The number of aromatic nitrogens is 2. The molecular weight excluding hydrogens is 394 g/mol. The Morgan fingerprint density at radius 3 is 2.73 bits per heavy atom. The quantitative estimate of drug-likeness (QED) is 0.655. The summed E-state index contributed by atoms with van der Waals surface area (Å²) in [6, 6.07) is 8.77. The van der Waals surface area contributed by atoms with Gasteiger partial charge < -0.3 is 10.2 Å². The molecule has 1 N–H and O–H groups in total. The van der Waals surface area contributed by atoms with E-state index in [0.29, 0.717) is 6.04 Å². The van der Waals surface area contributed by atoms with Crippen LogP contribution < -0.4 is 10.2 Å². The second-order valence-corrected chi connectivity index (χ2v) is 9.15. The molecule has 4 rings (SSSR count). The van der Waals surface area contributed by atoms with Gasteiger partial charge in [0.1, 0.15) is 0 Å². The summed E-state index contributed by atoms with van der Waals surface area (Å²) in [4.78, 5) is 26.8. The number of hydrogen-bond donors (Lipinski definition) is 1. The van der Waals surface area contributed by atoms with E-state index >= 15 is 0 Å². The zero-order valence-electron chi connectivity index (χ0n) is 17.9. The average molecular weight is 424 g/mol. The van der Waals surface area contributed by atoms with E-state index in [1.165, 1.54) is 28.5 Å². The zero-order valence-corrected chi connectivity index (χ0v) is 18.7. The molecule has 1 atom stereocenters. The molecule has 0 bridgehead atoms. The van der Waals surface area contributed by atoms with Crippen LogP contribution in [0, 0.1) is 0 Å². The van der Waals surface area contributed by atoms with Crippen molar-refractivity contribution in [2.75, 3.05) is 32.6 Å². The van der Waals surface area contributed by atoms with Gasteiger partial charge in [0.15, 0.2) is 0 Å². The lowest BCUT2D eigenvalue weighted by Crippen LogP contribution is -2.40. The second-order valence-electron chi connectivity index (χ2n) is 8.09. The minimum absolute atomic E-state index is 0.0150. The molecule has 0 aliphatic carbocycles. The molecule has 1 amide bonds. The van der Waals surface area contributed by atoms with Gasteiger partial charge in [-0.05, 0) is 42.8 Å². The van der Waals surface area contributed by atoms with Crippen LogP contribution in [0.2, 0.25) is 0 Å². The minimum atomic E-state index is 0.0150. The molecule has 3 aromatic rings. The number of carbonyl (C=O) groups is 1. The molecule has 0 spiro atoms. The van der Waals surface area contributed by atoms with Gasteiger partial charge in [-0.25, -0.2) is 9.97 Å². The normalized spacial score (nSPS) is 17.2. The summed E-state index contributed by atoms with van der Waals surface area (Å²) in [5.41, 5.74) is 2.32. The van der Waals surface area contributed by atoms with E-state index < -0.39 is 0 Å². The molecule has 0 radical (unpaired) electrons. The highest BCUT2D eigenvalue weighted by Gasteiger charge is 2.27. The molecule has 0 unspecified atom stereocenters. The van der Waals surface area contributed by atoms with E-state index in [-0.39, 0.29) is 5.91 Å². The Bertz CT molecular complexity index is 1010. The molecule has 1 aliphatic heterocycles. The standard InChI is InChI=1S/C23H29N5OS/c1-24-22(29)21-19(18-9-4-5-10-20(18)30-21)12-17-8-6-7-11-28(17)15-16-13-25-23(26-14-16)27(2)3/h4-5,9-10,13-14,17H,6-8,11-12,15H2,1-3H3,(H,24,29)/t17-/m0/s1. The number of anilines is 1. The molecule has 6 nitrogen and oxygen atoms in total. The van der Waals surface area contributed by atoms with Gasteiger partial charge in [-0.2, -0.15) is 0 Å². The molecule has 1 fully saturated rings. The fraction of sp³-hybridized carbons (Fsp3) is 0.435. The first-order valence-electron chi connectivity index (χ1n) is 10.5. The van der Waals surface area contributed by atoms with Crippen molar-refractivity contribution < 1.29 is 4.79 Å². The van der Waals surface area contributed by atoms with Crippen molar-refractivity contribution in [2.24, 2.45) is 0 Å². The van der Waals surface area contributed by atoms with Crippen LogP contribution in [0.1, 0.15) is 40.1 Å². The van der Waals surface area contributed by atoms with Crippen LogP contribution in [0.3, 0.4) is 0 Å². The highest BCUT2D eigenvalue weighted by molar-refractivity contribution is 7.21. The number of fused-ring (bicyclic) bond motifs is 1. The first kappa shape index (κ1) is 20.8. The third-order valence-corrected chi connectivity index (χ3v) is 7.01. The molecule has 158 valence electrons. The highest BCUT2D eigenvalue weighted by atomic mass is 32.1. The predicted molar refractivity (Wildman–Crippen MR) is 123 cm³/mol. The zero-order chi connectivity index (χ0) is 21.1. The molecule has 0 saturated carbocycles. The summed E-state index contributed by atoms with van der Waals surface area (Å²) in [7, 11) is 5.61. The van der Waals surface area contributed by atoms with Crippen molar-refractivity contribution in [3.63, 3.8) is 0 Å². The van der Waals surface area contributed by atoms with Gasteiger partial charge in [-0.15, -0.1) is 11.3 Å². The summed E-state index contributed by atoms with van der Waals surface area (Å²) in [6.07, 6.45) is 8.35. The Balaban J connectivity index is 1.59. The van der Waals surface area contributed by atoms with E-state index in [2.05, 4.69) is 38.4 Å². The summed E-state index contributed by atoms with van der Waals surface area (Å²) in [5.74, 6) is 0.746. The molecule has 2 aromatic heterocycles. The molecule has 1 aliphatic rings. The van der Waals surface area contributed by atoms with Crippen molar-refractivity contribution in [1.82, 2.24) is 20.2 Å². The number of piperidine rings is 1. The molecule has 3 heterocycles. The Labute approximate surface area is 181 Å². The van der Waals surface area contributed by atoms with Crippen LogP contribution in [0.15, 0.2) is 36.7 Å². The van der Waals surface area contributed by atoms with E-state index in [1.54, 1.807) is 18.4 Å². The molecule has 1 aromatic carbocycles. The molecule has 7 heteroatoms. The third-order valence-electron chi connectivity index (χ3n) is 5.80. The van der Waals surface area contributed by atoms with E-state index in [9.17, 15) is 4.79 Å². The van der Waals surface area contributed by atoms with Gasteiger partial charge in [0.05, 0.1) is 4.88 Å². The number of nitrogens with zero attached hydrogens (tertiary/aromatic N) is 4. The summed E-state index contributed by atoms with van der Waals surface area (Å²) in [6.45, 7) is 1.91. The maximum Gasteiger partial charge on any atom is 0.261 e. The fourth-order valence-corrected chi connectivity index (χ4v) is 5.41. The Hall–Kier alpha value is -2.51. The van der Waals surface area contributed by atoms with Gasteiger partial charge in [-0.3, -0.25) is 9.69 Å². The minimum Gasteiger partial charge on any atom is -0.354 e. The SMILES string of the molecule is CNC(=O)c1sc2ccccc2c1C[C@@H]1CCCCN1Cc1cnc(N(C)C)nc1. The third kappa shape index (κ3) is 4.32. The Morgan fingerprint density at radius 2 is 2.00 bits per heavy atom. The fourth-order valence-electron chi connectivity index (χ4n) is 4.23. The van der Waals surface area contributed by atoms with Crippen LogP contribution in [0.4, 0.5) is 5.95 Å². The van der Waals surface area contributed by atoms with Gasteiger partial charge in [0.25, 0.3) is 5.91 Å². The van der Waals surface area contributed by atoms with Crippen LogP contribution in [0.5, 0.6) is 0 Å². The van der Waals surface area contributed by atoms with E-state index in [0.717, 1.165) is 42.3 Å². The largest absolute Gasteiger partial charge is 0.354 e. The monoisotopic (exact) mass is 423 g/mol. The number of likely N-dealkylation sites (tertiary alicyclic amines) is 1. The van der Waals surface area contributed by atoms with Crippen molar-refractivity contribution in [1.29, 1.82) is 0 Å². The van der Waals surface area contributed by atoms with Gasteiger partial charge in [0, 0.05) is 56.4 Å². The molecule has 1 saturated heterocycles. The predicted octanol–water partition coefficient (Wildman–Crippen LogP) is 3.71. The lowest BCUT2D eigenvalue weighted by Gasteiger charge is -2.36. The van der Waals surface area contributed by atoms with Crippen LogP contribution >= 0.6 is 11.3 Å². The summed E-state index contributed by atoms with van der Waals surface area (Å²) >= 11 is 1.60. The van der Waals surface area contributed by atoms with E-state index in [1.807, 2.05) is 37.5 Å². The number of nitrogens with one attached hydrogen (secondary N) is 1. The molecular formula is C23H29N5OS. The maximum absolute atomic E-state index is 12.6. The topological polar surface area (TPSA) is 61.4 Å². The van der Waals surface area contributed by atoms with Crippen molar-refractivity contribution in [2.45, 2.75) is 38.3 Å². The van der Waals surface area contributed by atoms with Crippen molar-refractivity contribution in [3.8, 4) is 0 Å². The van der Waals surface area contributed by atoms with Crippen LogP contribution in [-0.4, -0.2) is 54.5 Å². The lowest BCUT2D eigenvalue weighted by molar-refractivity contribution is 0.0964. The highest BCUT2D eigenvalue weighted by Crippen LogP contribution is 2.34. The summed E-state index contributed by atoms with van der Waals surface area (Å²) < 4.78 is 1.18.